The molecule has 1 saturated carbocycles. The minimum atomic E-state index is -0.249. The number of nitrogens with zero attached hydrogens (tertiary/aromatic N) is 1. The zero-order chi connectivity index (χ0) is 14.7. The molecule has 0 spiro atoms. The molecule has 1 amide bonds. The van der Waals surface area contributed by atoms with Crippen LogP contribution in [0.5, 0.6) is 11.5 Å². The smallest absolute Gasteiger partial charge is 0.257 e. The van der Waals surface area contributed by atoms with Crippen LogP contribution in [0.1, 0.15) is 36.0 Å². The Morgan fingerprint density at radius 3 is 2.60 bits per heavy atom. The van der Waals surface area contributed by atoms with Crippen molar-refractivity contribution in [2.75, 3.05) is 14.2 Å². The third-order valence-corrected chi connectivity index (χ3v) is 3.83. The Hall–Kier alpha value is -2.04. The first-order valence-corrected chi connectivity index (χ1v) is 6.69. The van der Waals surface area contributed by atoms with Gasteiger partial charge in [-0.3, -0.25) is 9.59 Å². The van der Waals surface area contributed by atoms with Gasteiger partial charge in [0.05, 0.1) is 12.7 Å². The van der Waals surface area contributed by atoms with Gasteiger partial charge < -0.3 is 14.7 Å². The number of phenols is 1. The number of carbonyl (C=O) groups excluding carboxylic acids is 2. The fourth-order valence-corrected chi connectivity index (χ4v) is 2.53. The van der Waals surface area contributed by atoms with Crippen LogP contribution < -0.4 is 4.74 Å². The third-order valence-electron chi connectivity index (χ3n) is 3.83. The van der Waals surface area contributed by atoms with E-state index >= 15 is 0 Å². The summed E-state index contributed by atoms with van der Waals surface area (Å²) in [5, 5.41) is 10.0. The van der Waals surface area contributed by atoms with E-state index in [0.717, 1.165) is 0 Å². The van der Waals surface area contributed by atoms with E-state index in [9.17, 15) is 14.7 Å². The van der Waals surface area contributed by atoms with Crippen LogP contribution in [0.4, 0.5) is 0 Å². The second-order valence-corrected chi connectivity index (χ2v) is 5.04. The van der Waals surface area contributed by atoms with Gasteiger partial charge in [0.25, 0.3) is 5.91 Å². The lowest BCUT2D eigenvalue weighted by Crippen LogP contribution is -2.39. The van der Waals surface area contributed by atoms with Crippen LogP contribution >= 0.6 is 0 Å². The molecule has 0 radical (unpaired) electrons. The average molecular weight is 277 g/mol. The van der Waals surface area contributed by atoms with Crippen molar-refractivity contribution in [3.8, 4) is 11.5 Å². The average Bonchev–Trinajstić information content (AvgIpc) is 2.47. The molecule has 0 unspecified atom stereocenters. The Labute approximate surface area is 118 Å². The zero-order valence-corrected chi connectivity index (χ0v) is 11.8. The molecule has 2 rings (SSSR count). The minimum absolute atomic E-state index is 0.0470. The highest BCUT2D eigenvalue weighted by molar-refractivity contribution is 5.97. The maximum atomic E-state index is 12.4. The molecule has 1 fully saturated rings. The molecule has 0 aromatic heterocycles. The molecule has 5 nitrogen and oxygen atoms in total. The third kappa shape index (κ3) is 2.76. The van der Waals surface area contributed by atoms with Gasteiger partial charge in [-0.2, -0.15) is 0 Å². The number of rotatable bonds is 3. The summed E-state index contributed by atoms with van der Waals surface area (Å²) in [6.45, 7) is 0. The summed E-state index contributed by atoms with van der Waals surface area (Å²) in [5.41, 5.74) is 0.226. The lowest BCUT2D eigenvalue weighted by atomic mass is 9.93. The van der Waals surface area contributed by atoms with Gasteiger partial charge in [0.2, 0.25) is 0 Å². The number of hydrogen-bond acceptors (Lipinski definition) is 4. The molecule has 0 heterocycles. The maximum absolute atomic E-state index is 12.4. The molecule has 1 aliphatic carbocycles. The summed E-state index contributed by atoms with van der Waals surface area (Å²) in [4.78, 5) is 25.3. The molecule has 0 aliphatic heterocycles. The monoisotopic (exact) mass is 277 g/mol. The standard InChI is InChI=1S/C15H19NO4/c1-16(10-6-8-11(17)9-7-10)15(19)12-4-3-5-13(20-2)14(12)18/h3-5,10,18H,6-9H2,1-2H3. The number of ether oxygens (including phenoxy) is 1. The van der Waals surface area contributed by atoms with E-state index < -0.39 is 0 Å². The largest absolute Gasteiger partial charge is 0.504 e. The Kier molecular flexibility index (Phi) is 4.27. The minimum Gasteiger partial charge on any atom is -0.504 e. The van der Waals surface area contributed by atoms with Crippen LogP contribution in [0, 0.1) is 0 Å². The predicted octanol–water partition coefficient (Wildman–Crippen LogP) is 1.98. The van der Waals surface area contributed by atoms with Gasteiger partial charge in [-0.1, -0.05) is 6.07 Å². The molecular weight excluding hydrogens is 258 g/mol. The van der Waals surface area contributed by atoms with Crippen molar-refractivity contribution < 1.29 is 19.4 Å². The van der Waals surface area contributed by atoms with Gasteiger partial charge >= 0.3 is 0 Å². The predicted molar refractivity (Wildman–Crippen MR) is 74.0 cm³/mol. The van der Waals surface area contributed by atoms with Gasteiger partial charge in [-0.15, -0.1) is 0 Å². The number of benzene rings is 1. The number of carbonyl (C=O) groups is 2. The highest BCUT2D eigenvalue weighted by Crippen LogP contribution is 2.31. The molecule has 108 valence electrons. The second-order valence-electron chi connectivity index (χ2n) is 5.04. The summed E-state index contributed by atoms with van der Waals surface area (Å²) >= 11 is 0. The number of phenolic OH excluding ortho intramolecular Hbond substituents is 1. The molecule has 1 aliphatic rings. The quantitative estimate of drug-likeness (QED) is 0.917. The van der Waals surface area contributed by atoms with Gasteiger partial charge in [-0.25, -0.2) is 0 Å². The molecule has 0 atom stereocenters. The molecule has 20 heavy (non-hydrogen) atoms. The van der Waals surface area contributed by atoms with Crippen molar-refractivity contribution >= 4 is 11.7 Å². The molecule has 1 aromatic carbocycles. The number of Topliss-reactive ketones (excluding diaryl/α,β-unsaturated/α-hetero) is 1. The summed E-state index contributed by atoms with van der Waals surface area (Å²) in [7, 11) is 3.15. The van der Waals surface area contributed by atoms with Gasteiger partial charge in [0.1, 0.15) is 5.78 Å². The van der Waals surface area contributed by atoms with Crippen molar-refractivity contribution in [2.45, 2.75) is 31.7 Å². The van der Waals surface area contributed by atoms with Crippen molar-refractivity contribution in [3.05, 3.63) is 23.8 Å². The fraction of sp³-hybridized carbons (Fsp3) is 0.467. The number of hydrogen-bond donors (Lipinski definition) is 1. The lowest BCUT2D eigenvalue weighted by Gasteiger charge is -2.31. The van der Waals surface area contributed by atoms with E-state index in [-0.39, 0.29) is 34.8 Å². The van der Waals surface area contributed by atoms with E-state index in [0.29, 0.717) is 25.7 Å². The zero-order valence-electron chi connectivity index (χ0n) is 11.8. The second kappa shape index (κ2) is 5.94. The van der Waals surface area contributed by atoms with Crippen LogP contribution in [0.15, 0.2) is 18.2 Å². The highest BCUT2D eigenvalue weighted by Gasteiger charge is 2.27. The van der Waals surface area contributed by atoms with Crippen molar-refractivity contribution in [2.24, 2.45) is 0 Å². The van der Waals surface area contributed by atoms with Crippen LogP contribution in [0.3, 0.4) is 0 Å². The number of aromatic hydroxyl groups is 1. The molecule has 1 N–H and O–H groups in total. The summed E-state index contributed by atoms with van der Waals surface area (Å²) in [6.07, 6.45) is 2.41. The first-order valence-electron chi connectivity index (χ1n) is 6.69. The normalized spacial score (nSPS) is 16.0. The number of methoxy groups -OCH3 is 1. The Balaban J connectivity index is 2.16. The maximum Gasteiger partial charge on any atom is 0.257 e. The summed E-state index contributed by atoms with van der Waals surface area (Å²) < 4.78 is 5.01. The molecular formula is C15H19NO4. The summed E-state index contributed by atoms with van der Waals surface area (Å²) in [5.74, 6) is 0.147. The highest BCUT2D eigenvalue weighted by atomic mass is 16.5. The number of ketones is 1. The fourth-order valence-electron chi connectivity index (χ4n) is 2.53. The first-order chi connectivity index (χ1) is 9.54. The SMILES string of the molecule is COc1cccc(C(=O)N(C)C2CCC(=O)CC2)c1O. The van der Waals surface area contributed by atoms with E-state index in [4.69, 9.17) is 4.74 Å². The Bertz CT molecular complexity index is 517. The van der Waals surface area contributed by atoms with E-state index in [2.05, 4.69) is 0 Å². The van der Waals surface area contributed by atoms with E-state index in [1.165, 1.54) is 7.11 Å². The Morgan fingerprint density at radius 2 is 2.00 bits per heavy atom. The summed E-state index contributed by atoms with van der Waals surface area (Å²) in [6, 6.07) is 4.89. The van der Waals surface area contributed by atoms with Crippen LogP contribution in [0.25, 0.3) is 0 Å². The molecule has 0 bridgehead atoms. The van der Waals surface area contributed by atoms with Gasteiger partial charge in [0, 0.05) is 25.9 Å². The van der Waals surface area contributed by atoms with Gasteiger partial charge in [-0.05, 0) is 25.0 Å². The Morgan fingerprint density at radius 1 is 1.35 bits per heavy atom. The van der Waals surface area contributed by atoms with Crippen molar-refractivity contribution in [3.63, 3.8) is 0 Å². The topological polar surface area (TPSA) is 66.8 Å². The van der Waals surface area contributed by atoms with Crippen LogP contribution in [0.2, 0.25) is 0 Å². The lowest BCUT2D eigenvalue weighted by molar-refractivity contribution is -0.121. The van der Waals surface area contributed by atoms with Crippen LogP contribution in [-0.4, -0.2) is 41.9 Å². The number of para-hydroxylation sites is 1. The van der Waals surface area contributed by atoms with Crippen molar-refractivity contribution in [1.29, 1.82) is 0 Å². The first kappa shape index (κ1) is 14.4. The van der Waals surface area contributed by atoms with E-state index in [1.54, 1.807) is 30.1 Å². The van der Waals surface area contributed by atoms with Gasteiger partial charge in [0.15, 0.2) is 11.5 Å². The van der Waals surface area contributed by atoms with E-state index in [1.807, 2.05) is 0 Å². The molecule has 5 heteroatoms. The number of amides is 1. The molecule has 0 saturated heterocycles. The van der Waals surface area contributed by atoms with Crippen molar-refractivity contribution in [1.82, 2.24) is 4.90 Å². The molecule has 1 aromatic rings. The van der Waals surface area contributed by atoms with Crippen LogP contribution in [-0.2, 0) is 4.79 Å².